The summed E-state index contributed by atoms with van der Waals surface area (Å²) >= 11 is 0. The van der Waals surface area contributed by atoms with Gasteiger partial charge in [0, 0.05) is 31.7 Å². The topological polar surface area (TPSA) is 278 Å². The molecule has 3 unspecified atom stereocenters. The van der Waals surface area contributed by atoms with Gasteiger partial charge in [0.2, 0.25) is 17.7 Å². The van der Waals surface area contributed by atoms with Crippen molar-refractivity contribution in [2.45, 2.75) is 70.9 Å². The van der Waals surface area contributed by atoms with Crippen LogP contribution in [0.3, 0.4) is 0 Å². The number of nitrogens with one attached hydrogen (secondary N) is 4. The molecule has 0 saturated heterocycles. The zero-order valence-electron chi connectivity index (χ0n) is 35.5. The predicted octanol–water partition coefficient (Wildman–Crippen LogP) is 3.13. The lowest BCUT2D eigenvalue weighted by molar-refractivity contribution is -0.148. The van der Waals surface area contributed by atoms with Gasteiger partial charge in [0.25, 0.3) is 11.8 Å². The molecule has 6 amide bonds. The number of rotatable bonds is 22. The molecule has 0 radical (unpaired) electrons. The largest absolute Gasteiger partial charge is 0.481 e. The highest BCUT2D eigenvalue weighted by molar-refractivity contribution is 5.99. The zero-order chi connectivity index (χ0) is 47.5. The summed E-state index contributed by atoms with van der Waals surface area (Å²) in [6.45, 7) is 1.98. The molecule has 0 aromatic heterocycles. The van der Waals surface area contributed by atoms with Crippen LogP contribution in [0.25, 0.3) is 10.8 Å². The molecule has 0 spiro atoms. The molecule has 0 aliphatic carbocycles. The number of carboxylic acids is 3. The van der Waals surface area contributed by atoms with E-state index in [4.69, 9.17) is 4.74 Å². The van der Waals surface area contributed by atoms with E-state index in [1.807, 2.05) is 72.8 Å². The number of benzene rings is 4. The molecule has 65 heavy (non-hydrogen) atoms. The molecule has 7 N–H and O–H groups in total. The predicted molar refractivity (Wildman–Crippen MR) is 233 cm³/mol. The second-order valence-electron chi connectivity index (χ2n) is 15.1. The van der Waals surface area contributed by atoms with E-state index in [1.165, 1.54) is 18.7 Å². The van der Waals surface area contributed by atoms with Gasteiger partial charge in [0.1, 0.15) is 31.3 Å². The number of ether oxygens (including phenoxy) is 1. The summed E-state index contributed by atoms with van der Waals surface area (Å²) in [6, 6.07) is 25.9. The average molecular weight is 895 g/mol. The Labute approximate surface area is 373 Å². The Kier molecular flexibility index (Phi) is 18.7. The van der Waals surface area contributed by atoms with Crippen molar-refractivity contribution in [1.29, 1.82) is 0 Å². The molecule has 0 bridgehead atoms. The molecular formula is C46H50N6O13. The quantitative estimate of drug-likeness (QED) is 0.0442. The van der Waals surface area contributed by atoms with Gasteiger partial charge in [-0.15, -0.1) is 0 Å². The minimum absolute atomic E-state index is 0.147. The highest BCUT2D eigenvalue weighted by Gasteiger charge is 2.33. The SMILES string of the molecule is CC(C)C(NC(=O)C(CCC(=O)O)NC(=O)C(CC(=O)O)NC(=O)OCc1ccccc1)C(=O)NN(CC(=O)O)C(=O)C=CC(=O)N(Cc1ccccc1)Cc1ccc2ccccc2c1. The van der Waals surface area contributed by atoms with Crippen LogP contribution in [-0.2, 0) is 62.8 Å². The number of alkyl carbamates (subject to hydrolysis) is 1. The van der Waals surface area contributed by atoms with E-state index in [-0.39, 0.29) is 19.7 Å². The maximum Gasteiger partial charge on any atom is 0.408 e. The summed E-state index contributed by atoms with van der Waals surface area (Å²) in [5, 5.41) is 37.5. The van der Waals surface area contributed by atoms with Crippen LogP contribution in [0.15, 0.2) is 115 Å². The van der Waals surface area contributed by atoms with Crippen LogP contribution < -0.4 is 21.4 Å². The Hall–Kier alpha value is -8.09. The molecule has 4 aromatic carbocycles. The van der Waals surface area contributed by atoms with Crippen molar-refractivity contribution < 1.29 is 63.2 Å². The second-order valence-corrected chi connectivity index (χ2v) is 15.1. The van der Waals surface area contributed by atoms with Gasteiger partial charge in [-0.3, -0.25) is 43.8 Å². The van der Waals surface area contributed by atoms with Crippen LogP contribution in [0, 0.1) is 5.92 Å². The van der Waals surface area contributed by atoms with Crippen molar-refractivity contribution >= 4 is 64.3 Å². The first-order valence-corrected chi connectivity index (χ1v) is 20.3. The van der Waals surface area contributed by atoms with Gasteiger partial charge < -0.3 is 40.9 Å². The van der Waals surface area contributed by atoms with Crippen molar-refractivity contribution in [3.63, 3.8) is 0 Å². The van der Waals surface area contributed by atoms with Crippen LogP contribution in [0.4, 0.5) is 4.79 Å². The number of carbonyl (C=O) groups is 9. The van der Waals surface area contributed by atoms with Gasteiger partial charge in [-0.2, -0.15) is 0 Å². The normalized spacial score (nSPS) is 12.3. The van der Waals surface area contributed by atoms with Crippen molar-refractivity contribution in [2.75, 3.05) is 6.54 Å². The van der Waals surface area contributed by atoms with E-state index in [1.54, 1.807) is 30.3 Å². The first kappa shape index (κ1) is 49.6. The number of nitrogens with zero attached hydrogens (tertiary/aromatic N) is 2. The molecule has 0 heterocycles. The molecule has 0 saturated carbocycles. The Bertz CT molecular complexity index is 2370. The van der Waals surface area contributed by atoms with E-state index in [2.05, 4.69) is 21.4 Å². The molecule has 0 fully saturated rings. The standard InChI is InChI=1S/C46H50N6O13/c1-29(2)42(49-43(61)35(19-22-39(55)56)47-44(62)36(24-40(57)58)48-46(64)65-28-31-13-7-4-8-14-31)45(63)50-52(27-41(59)60)38(54)21-20-37(53)51(25-30-11-5-3-6-12-30)26-32-17-18-33-15-9-10-16-34(33)23-32/h3-18,20-21,23,29,35-36,42H,19,22,24-28H2,1-2H3,(H,47,62)(H,48,64)(H,49,61)(H,50,63)(H,55,56)(H,57,58)(H,59,60). The van der Waals surface area contributed by atoms with Gasteiger partial charge in [-0.25, -0.2) is 9.80 Å². The number of carbonyl (C=O) groups excluding carboxylic acids is 6. The third-order valence-electron chi connectivity index (χ3n) is 9.62. The van der Waals surface area contributed by atoms with Crippen molar-refractivity contribution in [3.05, 3.63) is 132 Å². The van der Waals surface area contributed by atoms with Gasteiger partial charge in [0.05, 0.1) is 6.42 Å². The van der Waals surface area contributed by atoms with E-state index in [9.17, 15) is 58.5 Å². The fraction of sp³-hybridized carbons (Fsp3) is 0.283. The van der Waals surface area contributed by atoms with Crippen molar-refractivity contribution in [1.82, 2.24) is 31.3 Å². The molecule has 0 aliphatic heterocycles. The monoisotopic (exact) mass is 894 g/mol. The maximum absolute atomic E-state index is 13.7. The number of fused-ring (bicyclic) bond motifs is 1. The molecule has 19 heteroatoms. The Morgan fingerprint density at radius 3 is 1.80 bits per heavy atom. The Balaban J connectivity index is 1.48. The van der Waals surface area contributed by atoms with Gasteiger partial charge in [-0.05, 0) is 45.9 Å². The fourth-order valence-electron chi connectivity index (χ4n) is 6.31. The molecular weight excluding hydrogens is 845 g/mol. The highest BCUT2D eigenvalue weighted by Crippen LogP contribution is 2.18. The molecule has 19 nitrogen and oxygen atoms in total. The smallest absolute Gasteiger partial charge is 0.408 e. The van der Waals surface area contributed by atoms with Crippen LogP contribution in [0.5, 0.6) is 0 Å². The van der Waals surface area contributed by atoms with Gasteiger partial charge in [-0.1, -0.05) is 111 Å². The number of amides is 6. The van der Waals surface area contributed by atoms with E-state index in [0.717, 1.165) is 34.1 Å². The molecule has 342 valence electrons. The number of carboxylic acid groups (broad SMARTS) is 3. The lowest BCUT2D eigenvalue weighted by atomic mass is 10.0. The van der Waals surface area contributed by atoms with Crippen molar-refractivity contribution in [2.24, 2.45) is 5.92 Å². The van der Waals surface area contributed by atoms with Crippen LogP contribution >= 0.6 is 0 Å². The minimum atomic E-state index is -1.79. The minimum Gasteiger partial charge on any atom is -0.481 e. The lowest BCUT2D eigenvalue weighted by Crippen LogP contribution is -2.60. The molecule has 3 atom stereocenters. The summed E-state index contributed by atoms with van der Waals surface area (Å²) in [4.78, 5) is 117. The lowest BCUT2D eigenvalue weighted by Gasteiger charge is -2.28. The summed E-state index contributed by atoms with van der Waals surface area (Å²) < 4.78 is 5.08. The highest BCUT2D eigenvalue weighted by atomic mass is 16.5. The zero-order valence-corrected chi connectivity index (χ0v) is 35.5. The van der Waals surface area contributed by atoms with Crippen LogP contribution in [0.1, 0.15) is 49.8 Å². The average Bonchev–Trinajstić information content (AvgIpc) is 3.27. The second kappa shape index (κ2) is 24.5. The first-order valence-electron chi connectivity index (χ1n) is 20.3. The summed E-state index contributed by atoms with van der Waals surface area (Å²) in [6.07, 6.45) is -1.61. The van der Waals surface area contributed by atoms with Crippen LogP contribution in [0.2, 0.25) is 0 Å². The van der Waals surface area contributed by atoms with E-state index in [0.29, 0.717) is 10.6 Å². The summed E-state index contributed by atoms with van der Waals surface area (Å²) in [7, 11) is 0. The maximum atomic E-state index is 13.7. The Morgan fingerprint density at radius 1 is 0.600 bits per heavy atom. The van der Waals surface area contributed by atoms with Crippen LogP contribution in [-0.4, -0.2) is 103 Å². The third-order valence-corrected chi connectivity index (χ3v) is 9.62. The number of hydrazine groups is 1. The summed E-state index contributed by atoms with van der Waals surface area (Å²) in [5.74, 6) is -10.3. The number of aliphatic carboxylic acids is 3. The Morgan fingerprint density at radius 2 is 1.18 bits per heavy atom. The van der Waals surface area contributed by atoms with E-state index >= 15 is 0 Å². The molecule has 4 aromatic rings. The number of hydrogen-bond donors (Lipinski definition) is 7. The molecule has 0 aliphatic rings. The third kappa shape index (κ3) is 16.6. The summed E-state index contributed by atoms with van der Waals surface area (Å²) in [5.41, 5.74) is 4.35. The van der Waals surface area contributed by atoms with Gasteiger partial charge in [0.15, 0.2) is 0 Å². The first-order chi connectivity index (χ1) is 31.0. The number of hydrogen-bond acceptors (Lipinski definition) is 10. The van der Waals surface area contributed by atoms with Gasteiger partial charge >= 0.3 is 24.0 Å². The van der Waals surface area contributed by atoms with E-state index < -0.39 is 103 Å². The molecule has 4 rings (SSSR count). The van der Waals surface area contributed by atoms with Crippen molar-refractivity contribution in [3.8, 4) is 0 Å². The fourth-order valence-corrected chi connectivity index (χ4v) is 6.31.